The van der Waals surface area contributed by atoms with Crippen LogP contribution >= 0.6 is 0 Å². The van der Waals surface area contributed by atoms with Gasteiger partial charge in [-0.15, -0.1) is 0 Å². The summed E-state index contributed by atoms with van der Waals surface area (Å²) in [7, 11) is 0. The lowest BCUT2D eigenvalue weighted by molar-refractivity contribution is 0.0693. The number of phenols is 1. The number of nitrogens with one attached hydrogen (secondary N) is 1. The molecule has 0 atom stereocenters. The molecule has 0 aliphatic heterocycles. The number of hydrogen-bond donors (Lipinski definition) is 3. The Morgan fingerprint density at radius 1 is 1.50 bits per heavy atom. The molecule has 1 rings (SSSR count). The van der Waals surface area contributed by atoms with E-state index in [1.807, 2.05) is 0 Å². The van der Waals surface area contributed by atoms with Gasteiger partial charge < -0.3 is 14.9 Å². The first-order valence-corrected chi connectivity index (χ1v) is 5.08. The molecule has 18 heavy (non-hydrogen) atoms. The summed E-state index contributed by atoms with van der Waals surface area (Å²) in [6.07, 6.45) is 0.593. The molecule has 0 radical (unpaired) electrons. The van der Waals surface area contributed by atoms with Gasteiger partial charge in [0, 0.05) is 0 Å². The maximum absolute atomic E-state index is 11.3. The number of ether oxygens (including phenoxy) is 1. The van der Waals surface area contributed by atoms with E-state index in [9.17, 15) is 14.7 Å². The van der Waals surface area contributed by atoms with Crippen LogP contribution < -0.4 is 5.32 Å². The number of aryl methyl sites for hydroxylation is 1. The van der Waals surface area contributed by atoms with Gasteiger partial charge in [-0.1, -0.05) is 18.7 Å². The summed E-state index contributed by atoms with van der Waals surface area (Å²) in [6, 6.07) is 2.74. The molecule has 0 aliphatic carbocycles. The molecule has 96 valence electrons. The van der Waals surface area contributed by atoms with Crippen LogP contribution in [0, 0.1) is 6.92 Å². The Bertz CT molecular complexity index is 495. The largest absolute Gasteiger partial charge is 0.505 e. The van der Waals surface area contributed by atoms with E-state index in [-0.39, 0.29) is 17.9 Å². The predicted molar refractivity (Wildman–Crippen MR) is 65.0 cm³/mol. The van der Waals surface area contributed by atoms with Crippen LogP contribution in [-0.4, -0.2) is 28.9 Å². The molecule has 1 amide bonds. The number of carbonyl (C=O) groups excluding carboxylic acids is 1. The van der Waals surface area contributed by atoms with Gasteiger partial charge in [-0.3, -0.25) is 5.32 Å². The second kappa shape index (κ2) is 5.72. The van der Waals surface area contributed by atoms with Crippen LogP contribution in [-0.2, 0) is 4.74 Å². The third-order valence-corrected chi connectivity index (χ3v) is 2.18. The van der Waals surface area contributed by atoms with Gasteiger partial charge in [0.1, 0.15) is 12.2 Å². The first kappa shape index (κ1) is 13.6. The van der Waals surface area contributed by atoms with Gasteiger partial charge in [0.15, 0.2) is 5.75 Å². The molecule has 0 unspecified atom stereocenters. The third kappa shape index (κ3) is 3.00. The van der Waals surface area contributed by atoms with Crippen LogP contribution in [0.4, 0.5) is 10.5 Å². The van der Waals surface area contributed by atoms with Crippen LogP contribution in [0.2, 0.25) is 0 Å². The lowest BCUT2D eigenvalue weighted by atomic mass is 10.1. The van der Waals surface area contributed by atoms with Crippen molar-refractivity contribution < 1.29 is 24.5 Å². The molecule has 0 saturated heterocycles. The Morgan fingerprint density at radius 2 is 2.17 bits per heavy atom. The Labute approximate surface area is 104 Å². The Kier molecular flexibility index (Phi) is 4.31. The maximum atomic E-state index is 11.3. The fraction of sp³-hybridized carbons (Fsp3) is 0.167. The lowest BCUT2D eigenvalue weighted by Gasteiger charge is -2.11. The monoisotopic (exact) mass is 251 g/mol. The fourth-order valence-electron chi connectivity index (χ4n) is 1.30. The normalized spacial score (nSPS) is 9.61. The zero-order valence-corrected chi connectivity index (χ0v) is 9.77. The second-order valence-corrected chi connectivity index (χ2v) is 3.47. The quantitative estimate of drug-likeness (QED) is 0.562. The minimum atomic E-state index is -1.28. The number of amides is 1. The van der Waals surface area contributed by atoms with E-state index in [4.69, 9.17) is 5.11 Å². The first-order valence-electron chi connectivity index (χ1n) is 5.08. The topological polar surface area (TPSA) is 95.9 Å². The molecular formula is C12H13NO5. The molecule has 0 saturated carbocycles. The van der Waals surface area contributed by atoms with Gasteiger partial charge in [-0.05, 0) is 18.6 Å². The number of aromatic hydroxyl groups is 1. The first-order chi connectivity index (χ1) is 8.47. The molecule has 1 aromatic rings. The van der Waals surface area contributed by atoms with E-state index in [1.54, 1.807) is 6.92 Å². The molecule has 0 aromatic heterocycles. The molecule has 6 nitrogen and oxygen atoms in total. The number of rotatable bonds is 4. The molecule has 0 spiro atoms. The van der Waals surface area contributed by atoms with Gasteiger partial charge in [-0.2, -0.15) is 0 Å². The van der Waals surface area contributed by atoms with Crippen molar-refractivity contribution in [3.05, 3.63) is 35.9 Å². The van der Waals surface area contributed by atoms with E-state index < -0.39 is 17.8 Å². The van der Waals surface area contributed by atoms with Crippen molar-refractivity contribution in [1.29, 1.82) is 0 Å². The summed E-state index contributed by atoms with van der Waals surface area (Å²) < 4.78 is 4.68. The van der Waals surface area contributed by atoms with Crippen molar-refractivity contribution in [2.24, 2.45) is 0 Å². The van der Waals surface area contributed by atoms with Gasteiger partial charge in [0.25, 0.3) is 0 Å². The van der Waals surface area contributed by atoms with Crippen molar-refractivity contribution >= 4 is 17.7 Å². The third-order valence-electron chi connectivity index (χ3n) is 2.18. The SMILES string of the molecule is C=CCOC(=O)Nc1c(C)ccc(C(=O)O)c1O. The van der Waals surface area contributed by atoms with Crippen molar-refractivity contribution in [2.75, 3.05) is 11.9 Å². The van der Waals surface area contributed by atoms with E-state index in [0.29, 0.717) is 5.56 Å². The molecule has 3 N–H and O–H groups in total. The lowest BCUT2D eigenvalue weighted by Crippen LogP contribution is -2.15. The summed E-state index contributed by atoms with van der Waals surface area (Å²) in [5.74, 6) is -1.78. The van der Waals surface area contributed by atoms with Gasteiger partial charge in [0.2, 0.25) is 0 Å². The fourth-order valence-corrected chi connectivity index (χ4v) is 1.30. The highest BCUT2D eigenvalue weighted by Crippen LogP contribution is 2.31. The minimum Gasteiger partial charge on any atom is -0.505 e. The van der Waals surface area contributed by atoms with E-state index in [1.165, 1.54) is 18.2 Å². The van der Waals surface area contributed by atoms with Crippen molar-refractivity contribution in [2.45, 2.75) is 6.92 Å². The number of carboxylic acids is 1. The molecule has 0 bridgehead atoms. The maximum Gasteiger partial charge on any atom is 0.412 e. The molecule has 0 aliphatic rings. The average molecular weight is 251 g/mol. The zero-order valence-electron chi connectivity index (χ0n) is 9.77. The van der Waals surface area contributed by atoms with Crippen molar-refractivity contribution in [3.8, 4) is 5.75 Å². The highest BCUT2D eigenvalue weighted by Gasteiger charge is 2.17. The minimum absolute atomic E-state index is 0.0176. The molecular weight excluding hydrogens is 238 g/mol. The van der Waals surface area contributed by atoms with Crippen LogP contribution in [0.5, 0.6) is 5.75 Å². The van der Waals surface area contributed by atoms with Crippen molar-refractivity contribution in [1.82, 2.24) is 0 Å². The number of aromatic carboxylic acids is 1. The number of benzene rings is 1. The van der Waals surface area contributed by atoms with Gasteiger partial charge in [0.05, 0.1) is 5.69 Å². The Balaban J connectivity index is 3.00. The number of anilines is 1. The van der Waals surface area contributed by atoms with E-state index in [2.05, 4.69) is 16.6 Å². The number of carbonyl (C=O) groups is 2. The number of carboxylic acid groups (broad SMARTS) is 1. The predicted octanol–water partition coefficient (Wildman–Crippen LogP) is 2.13. The molecule has 1 aromatic carbocycles. The highest BCUT2D eigenvalue weighted by molar-refractivity contribution is 5.97. The molecule has 0 fully saturated rings. The standard InChI is InChI=1S/C12H13NO5/c1-3-6-18-12(17)13-9-7(2)4-5-8(10(9)14)11(15)16/h3-5,14H,1,6H2,2H3,(H,13,17)(H,15,16). The van der Waals surface area contributed by atoms with Crippen LogP contribution in [0.3, 0.4) is 0 Å². The summed E-state index contributed by atoms with van der Waals surface area (Å²) in [6.45, 7) is 5.02. The molecule has 0 heterocycles. The summed E-state index contributed by atoms with van der Waals surface area (Å²) in [5.41, 5.74) is 0.247. The second-order valence-electron chi connectivity index (χ2n) is 3.47. The van der Waals surface area contributed by atoms with Gasteiger partial charge >= 0.3 is 12.1 Å². The smallest absolute Gasteiger partial charge is 0.412 e. The summed E-state index contributed by atoms with van der Waals surface area (Å²) in [4.78, 5) is 22.1. The zero-order chi connectivity index (χ0) is 13.7. The van der Waals surface area contributed by atoms with E-state index in [0.717, 1.165) is 0 Å². The van der Waals surface area contributed by atoms with Crippen LogP contribution in [0.1, 0.15) is 15.9 Å². The summed E-state index contributed by atoms with van der Waals surface area (Å²) in [5, 5.41) is 20.9. The van der Waals surface area contributed by atoms with Crippen LogP contribution in [0.25, 0.3) is 0 Å². The average Bonchev–Trinajstić information content (AvgIpc) is 2.31. The van der Waals surface area contributed by atoms with E-state index >= 15 is 0 Å². The van der Waals surface area contributed by atoms with Gasteiger partial charge in [-0.25, -0.2) is 9.59 Å². The Hall–Kier alpha value is -2.50. The number of hydrogen-bond acceptors (Lipinski definition) is 4. The summed E-state index contributed by atoms with van der Waals surface area (Å²) >= 11 is 0. The highest BCUT2D eigenvalue weighted by atomic mass is 16.5. The van der Waals surface area contributed by atoms with Crippen molar-refractivity contribution in [3.63, 3.8) is 0 Å². The van der Waals surface area contributed by atoms with Crippen LogP contribution in [0.15, 0.2) is 24.8 Å². The molecule has 6 heteroatoms. The Morgan fingerprint density at radius 3 is 2.72 bits per heavy atom.